The lowest BCUT2D eigenvalue weighted by Crippen LogP contribution is -2.19. The minimum atomic E-state index is -0.997. The monoisotopic (exact) mass is 225 g/mol. The van der Waals surface area contributed by atoms with Gasteiger partial charge < -0.3 is 9.94 Å². The molecule has 2 rings (SSSR count). The van der Waals surface area contributed by atoms with Gasteiger partial charge in [0.05, 0.1) is 5.71 Å². The summed E-state index contributed by atoms with van der Waals surface area (Å²) in [7, 11) is 0. The summed E-state index contributed by atoms with van der Waals surface area (Å²) in [4.78, 5) is 15.4. The molecule has 0 spiro atoms. The van der Waals surface area contributed by atoms with Gasteiger partial charge in [0.1, 0.15) is 0 Å². The van der Waals surface area contributed by atoms with Crippen LogP contribution in [0.25, 0.3) is 0 Å². The summed E-state index contributed by atoms with van der Waals surface area (Å²) < 4.78 is 0. The fourth-order valence-electron chi connectivity index (χ4n) is 1.32. The largest absolute Gasteiger partial charge is 0.478 e. The SMILES string of the molecule is O=C(O)[C@H]1CC(c2ccc(Cl)cc2)=NO1. The van der Waals surface area contributed by atoms with Gasteiger partial charge in [-0.05, 0) is 17.7 Å². The lowest BCUT2D eigenvalue weighted by Gasteiger charge is -2.00. The van der Waals surface area contributed by atoms with E-state index in [4.69, 9.17) is 21.5 Å². The Morgan fingerprint density at radius 2 is 2.13 bits per heavy atom. The quantitative estimate of drug-likeness (QED) is 0.837. The molecule has 1 aromatic rings. The molecule has 0 bridgehead atoms. The molecule has 1 aliphatic rings. The first-order valence-corrected chi connectivity index (χ1v) is 4.76. The molecule has 0 saturated heterocycles. The summed E-state index contributed by atoms with van der Waals surface area (Å²) >= 11 is 5.73. The highest BCUT2D eigenvalue weighted by Gasteiger charge is 2.28. The van der Waals surface area contributed by atoms with Crippen molar-refractivity contribution < 1.29 is 14.7 Å². The maximum absolute atomic E-state index is 10.6. The molecule has 1 heterocycles. The molecule has 0 fully saturated rings. The molecule has 0 radical (unpaired) electrons. The van der Waals surface area contributed by atoms with E-state index in [0.717, 1.165) is 5.56 Å². The van der Waals surface area contributed by atoms with E-state index in [9.17, 15) is 4.79 Å². The van der Waals surface area contributed by atoms with Crippen molar-refractivity contribution in [2.45, 2.75) is 12.5 Å². The maximum atomic E-state index is 10.6. The van der Waals surface area contributed by atoms with E-state index in [2.05, 4.69) is 5.16 Å². The van der Waals surface area contributed by atoms with Crippen LogP contribution >= 0.6 is 11.6 Å². The average molecular weight is 226 g/mol. The highest BCUT2D eigenvalue weighted by atomic mass is 35.5. The summed E-state index contributed by atoms with van der Waals surface area (Å²) in [5, 5.41) is 13.1. The third kappa shape index (κ3) is 2.10. The van der Waals surface area contributed by atoms with Crippen LogP contribution in [0.4, 0.5) is 0 Å². The predicted octanol–water partition coefficient (Wildman–Crippen LogP) is 1.92. The normalized spacial score (nSPS) is 19.5. The number of hydrogen-bond donors (Lipinski definition) is 1. The number of carboxylic acids is 1. The Bertz CT molecular complexity index is 413. The Labute approximate surface area is 91.1 Å². The fraction of sp³-hybridized carbons (Fsp3) is 0.200. The van der Waals surface area contributed by atoms with E-state index >= 15 is 0 Å². The molecule has 4 nitrogen and oxygen atoms in total. The van der Waals surface area contributed by atoms with E-state index in [1.807, 2.05) is 0 Å². The summed E-state index contributed by atoms with van der Waals surface area (Å²) in [5.41, 5.74) is 1.47. The van der Waals surface area contributed by atoms with Gasteiger partial charge >= 0.3 is 5.97 Å². The first-order chi connectivity index (χ1) is 7.16. The number of rotatable bonds is 2. The van der Waals surface area contributed by atoms with Gasteiger partial charge in [-0.25, -0.2) is 4.79 Å². The van der Waals surface area contributed by atoms with Crippen molar-refractivity contribution in [3.63, 3.8) is 0 Å². The lowest BCUT2D eigenvalue weighted by atomic mass is 10.1. The van der Waals surface area contributed by atoms with Crippen LogP contribution in [0, 0.1) is 0 Å². The van der Waals surface area contributed by atoms with Crippen LogP contribution in [0.3, 0.4) is 0 Å². The molecule has 15 heavy (non-hydrogen) atoms. The number of aliphatic carboxylic acids is 1. The molecule has 1 atom stereocenters. The Morgan fingerprint density at radius 3 is 2.67 bits per heavy atom. The van der Waals surface area contributed by atoms with Gasteiger partial charge in [0.25, 0.3) is 0 Å². The smallest absolute Gasteiger partial charge is 0.348 e. The van der Waals surface area contributed by atoms with Crippen LogP contribution in [0.2, 0.25) is 5.02 Å². The summed E-state index contributed by atoms with van der Waals surface area (Å²) in [6, 6.07) is 7.03. The number of hydrogen-bond acceptors (Lipinski definition) is 3. The molecular weight excluding hydrogens is 218 g/mol. The number of carboxylic acid groups (broad SMARTS) is 1. The van der Waals surface area contributed by atoms with Crippen molar-refractivity contribution in [1.29, 1.82) is 0 Å². The molecule has 0 aromatic heterocycles. The second kappa shape index (κ2) is 3.90. The van der Waals surface area contributed by atoms with Gasteiger partial charge in [-0.1, -0.05) is 28.9 Å². The van der Waals surface area contributed by atoms with E-state index in [1.54, 1.807) is 24.3 Å². The Balaban J connectivity index is 2.14. The summed E-state index contributed by atoms with van der Waals surface area (Å²) in [5.74, 6) is -0.997. The third-order valence-corrected chi connectivity index (χ3v) is 2.37. The maximum Gasteiger partial charge on any atom is 0.348 e. The molecule has 1 N–H and O–H groups in total. The van der Waals surface area contributed by atoms with Crippen molar-refractivity contribution in [2.24, 2.45) is 5.16 Å². The molecule has 0 amide bonds. The van der Waals surface area contributed by atoms with Gasteiger partial charge in [-0.2, -0.15) is 0 Å². The number of benzene rings is 1. The Morgan fingerprint density at radius 1 is 1.47 bits per heavy atom. The van der Waals surface area contributed by atoms with Crippen molar-refractivity contribution in [1.82, 2.24) is 0 Å². The van der Waals surface area contributed by atoms with Crippen LogP contribution in [-0.2, 0) is 9.63 Å². The van der Waals surface area contributed by atoms with Gasteiger partial charge in [0, 0.05) is 11.4 Å². The minimum Gasteiger partial charge on any atom is -0.478 e. The summed E-state index contributed by atoms with van der Waals surface area (Å²) in [6.07, 6.45) is -0.576. The fourth-order valence-corrected chi connectivity index (χ4v) is 1.45. The van der Waals surface area contributed by atoms with Gasteiger partial charge in [0.15, 0.2) is 0 Å². The average Bonchev–Trinajstić information content (AvgIpc) is 2.68. The zero-order valence-electron chi connectivity index (χ0n) is 7.68. The predicted molar refractivity (Wildman–Crippen MR) is 55.1 cm³/mol. The molecule has 78 valence electrons. The highest BCUT2D eigenvalue weighted by molar-refractivity contribution is 6.30. The minimum absolute atomic E-state index is 0.289. The molecule has 5 heteroatoms. The highest BCUT2D eigenvalue weighted by Crippen LogP contribution is 2.18. The zero-order chi connectivity index (χ0) is 10.8. The molecule has 0 aliphatic carbocycles. The molecule has 0 saturated carbocycles. The van der Waals surface area contributed by atoms with Crippen molar-refractivity contribution in [2.75, 3.05) is 0 Å². The number of halogens is 1. The summed E-state index contributed by atoms with van der Waals surface area (Å²) in [6.45, 7) is 0. The Hall–Kier alpha value is -1.55. The first-order valence-electron chi connectivity index (χ1n) is 4.38. The molecular formula is C10H8ClNO3. The molecule has 0 unspecified atom stereocenters. The number of carbonyl (C=O) groups is 1. The van der Waals surface area contributed by atoms with Crippen molar-refractivity contribution in [3.8, 4) is 0 Å². The zero-order valence-corrected chi connectivity index (χ0v) is 8.44. The van der Waals surface area contributed by atoms with Crippen LogP contribution in [0.15, 0.2) is 29.4 Å². The van der Waals surface area contributed by atoms with E-state index < -0.39 is 12.1 Å². The van der Waals surface area contributed by atoms with Crippen LogP contribution in [-0.4, -0.2) is 22.9 Å². The van der Waals surface area contributed by atoms with E-state index in [-0.39, 0.29) is 6.42 Å². The third-order valence-electron chi connectivity index (χ3n) is 2.12. The topological polar surface area (TPSA) is 58.9 Å². The van der Waals surface area contributed by atoms with Gasteiger partial charge in [-0.15, -0.1) is 0 Å². The van der Waals surface area contributed by atoms with Crippen molar-refractivity contribution in [3.05, 3.63) is 34.9 Å². The standard InChI is InChI=1S/C10H8ClNO3/c11-7-3-1-6(2-4-7)8-5-9(10(13)14)15-12-8/h1-4,9H,5H2,(H,13,14)/t9-/m1/s1. The van der Waals surface area contributed by atoms with Crippen LogP contribution in [0.1, 0.15) is 12.0 Å². The first kappa shape index (κ1) is 9.98. The lowest BCUT2D eigenvalue weighted by molar-refractivity contribution is -0.148. The van der Waals surface area contributed by atoms with E-state index in [0.29, 0.717) is 10.7 Å². The van der Waals surface area contributed by atoms with Crippen LogP contribution < -0.4 is 0 Å². The second-order valence-corrected chi connectivity index (χ2v) is 3.62. The number of oxime groups is 1. The van der Waals surface area contributed by atoms with Gasteiger partial charge in [0.2, 0.25) is 6.10 Å². The van der Waals surface area contributed by atoms with E-state index in [1.165, 1.54) is 0 Å². The number of nitrogens with zero attached hydrogens (tertiary/aromatic N) is 1. The Kier molecular flexibility index (Phi) is 2.60. The van der Waals surface area contributed by atoms with Crippen LogP contribution in [0.5, 0.6) is 0 Å². The molecule has 1 aliphatic heterocycles. The molecule has 1 aromatic carbocycles. The second-order valence-electron chi connectivity index (χ2n) is 3.18. The van der Waals surface area contributed by atoms with Gasteiger partial charge in [-0.3, -0.25) is 0 Å². The van der Waals surface area contributed by atoms with Crippen molar-refractivity contribution >= 4 is 23.3 Å².